The molecular weight excluding hydrogens is 252 g/mol. The molecule has 0 radical (unpaired) electrons. The van der Waals surface area contributed by atoms with Gasteiger partial charge >= 0.3 is 0 Å². The maximum atomic E-state index is 5.75. The minimum absolute atomic E-state index is 0.198. The summed E-state index contributed by atoms with van der Waals surface area (Å²) in [7, 11) is 1.74. The maximum Gasteiger partial charge on any atom is 0.0593 e. The average molecular weight is 286 g/mol. The standard InChI is InChI=1S/C16H34N2O2/c1-6-16(7-2)13-17-15(3,4)14-18(16)9-12-20-11-8-10-19-5/h17H,6-14H2,1-5H3. The number of ether oxygens (including phenoxy) is 2. The Bertz CT molecular complexity index is 265. The van der Waals surface area contributed by atoms with Crippen molar-refractivity contribution in [3.8, 4) is 0 Å². The van der Waals surface area contributed by atoms with Crippen molar-refractivity contribution in [1.29, 1.82) is 0 Å². The van der Waals surface area contributed by atoms with Crippen LogP contribution in [-0.4, -0.2) is 62.5 Å². The molecule has 0 aromatic heterocycles. The van der Waals surface area contributed by atoms with E-state index >= 15 is 0 Å². The molecule has 0 bridgehead atoms. The Morgan fingerprint density at radius 1 is 1.10 bits per heavy atom. The Labute approximate surface area is 125 Å². The highest BCUT2D eigenvalue weighted by Crippen LogP contribution is 2.29. The van der Waals surface area contributed by atoms with Gasteiger partial charge in [0.15, 0.2) is 0 Å². The molecule has 0 atom stereocenters. The first-order chi connectivity index (χ1) is 9.49. The summed E-state index contributed by atoms with van der Waals surface area (Å²) in [6.45, 7) is 14.8. The van der Waals surface area contributed by atoms with E-state index < -0.39 is 0 Å². The molecule has 0 unspecified atom stereocenters. The van der Waals surface area contributed by atoms with E-state index in [-0.39, 0.29) is 5.54 Å². The molecule has 1 rings (SSSR count). The van der Waals surface area contributed by atoms with Gasteiger partial charge in [-0.3, -0.25) is 4.90 Å². The van der Waals surface area contributed by atoms with E-state index in [0.717, 1.165) is 45.9 Å². The monoisotopic (exact) mass is 286 g/mol. The molecule has 1 N–H and O–H groups in total. The van der Waals surface area contributed by atoms with E-state index in [1.165, 1.54) is 12.8 Å². The molecule has 0 spiro atoms. The zero-order valence-corrected chi connectivity index (χ0v) is 14.1. The third kappa shape index (κ3) is 4.99. The summed E-state index contributed by atoms with van der Waals surface area (Å²) in [5.74, 6) is 0. The highest BCUT2D eigenvalue weighted by atomic mass is 16.5. The smallest absolute Gasteiger partial charge is 0.0593 e. The van der Waals surface area contributed by atoms with Gasteiger partial charge in [-0.1, -0.05) is 13.8 Å². The van der Waals surface area contributed by atoms with Crippen molar-refractivity contribution in [3.05, 3.63) is 0 Å². The molecule has 1 aliphatic rings. The highest BCUT2D eigenvalue weighted by Gasteiger charge is 2.41. The van der Waals surface area contributed by atoms with Gasteiger partial charge in [0.1, 0.15) is 0 Å². The first-order valence-electron chi connectivity index (χ1n) is 8.06. The molecule has 1 fully saturated rings. The number of methoxy groups -OCH3 is 1. The molecule has 1 aliphatic heterocycles. The van der Waals surface area contributed by atoms with Gasteiger partial charge < -0.3 is 14.8 Å². The Balaban J connectivity index is 2.44. The first-order valence-corrected chi connectivity index (χ1v) is 8.06. The summed E-state index contributed by atoms with van der Waals surface area (Å²) in [6.07, 6.45) is 3.36. The van der Waals surface area contributed by atoms with Crippen molar-refractivity contribution in [1.82, 2.24) is 10.2 Å². The SMILES string of the molecule is CCC1(CC)CNC(C)(C)CN1CCOCCCOC. The Morgan fingerprint density at radius 3 is 2.40 bits per heavy atom. The van der Waals surface area contributed by atoms with Crippen LogP contribution in [0.4, 0.5) is 0 Å². The molecule has 20 heavy (non-hydrogen) atoms. The topological polar surface area (TPSA) is 33.7 Å². The van der Waals surface area contributed by atoms with Crippen LogP contribution in [-0.2, 0) is 9.47 Å². The van der Waals surface area contributed by atoms with Gasteiger partial charge in [0.25, 0.3) is 0 Å². The predicted octanol–water partition coefficient (Wildman–Crippen LogP) is 2.28. The van der Waals surface area contributed by atoms with Gasteiger partial charge in [-0.2, -0.15) is 0 Å². The Hall–Kier alpha value is -0.160. The fraction of sp³-hybridized carbons (Fsp3) is 1.00. The quantitative estimate of drug-likeness (QED) is 0.659. The van der Waals surface area contributed by atoms with Gasteiger partial charge in [0, 0.05) is 51.0 Å². The van der Waals surface area contributed by atoms with Crippen LogP contribution in [0.15, 0.2) is 0 Å². The molecule has 0 aliphatic carbocycles. The van der Waals surface area contributed by atoms with E-state index in [1.807, 2.05) is 0 Å². The molecule has 0 amide bonds. The van der Waals surface area contributed by atoms with E-state index in [4.69, 9.17) is 9.47 Å². The minimum Gasteiger partial charge on any atom is -0.385 e. The second kappa shape index (κ2) is 8.32. The number of rotatable bonds is 9. The fourth-order valence-corrected chi connectivity index (χ4v) is 3.06. The lowest BCUT2D eigenvalue weighted by Crippen LogP contribution is -2.68. The summed E-state index contributed by atoms with van der Waals surface area (Å²) >= 11 is 0. The molecule has 120 valence electrons. The molecular formula is C16H34N2O2. The molecule has 0 aromatic rings. The van der Waals surface area contributed by atoms with Gasteiger partial charge in [0.2, 0.25) is 0 Å². The van der Waals surface area contributed by atoms with Crippen molar-refractivity contribution in [2.45, 2.75) is 58.0 Å². The van der Waals surface area contributed by atoms with Gasteiger partial charge in [-0.25, -0.2) is 0 Å². The van der Waals surface area contributed by atoms with Crippen molar-refractivity contribution < 1.29 is 9.47 Å². The molecule has 1 heterocycles. The van der Waals surface area contributed by atoms with Crippen LogP contribution >= 0.6 is 0 Å². The minimum atomic E-state index is 0.198. The summed E-state index contributed by atoms with van der Waals surface area (Å²) in [5.41, 5.74) is 0.495. The summed E-state index contributed by atoms with van der Waals surface area (Å²) in [5, 5.41) is 3.70. The van der Waals surface area contributed by atoms with Crippen molar-refractivity contribution in [2.75, 3.05) is 46.6 Å². The fourth-order valence-electron chi connectivity index (χ4n) is 3.06. The normalized spacial score (nSPS) is 22.1. The largest absolute Gasteiger partial charge is 0.385 e. The Morgan fingerprint density at radius 2 is 1.80 bits per heavy atom. The first kappa shape index (κ1) is 17.9. The summed E-state index contributed by atoms with van der Waals surface area (Å²) in [6, 6.07) is 0. The molecule has 4 heteroatoms. The van der Waals surface area contributed by atoms with Crippen LogP contribution in [0.5, 0.6) is 0 Å². The summed E-state index contributed by atoms with van der Waals surface area (Å²) < 4.78 is 10.8. The average Bonchev–Trinajstić information content (AvgIpc) is 2.43. The third-order valence-electron chi connectivity index (χ3n) is 4.61. The van der Waals surface area contributed by atoms with E-state index in [0.29, 0.717) is 5.54 Å². The van der Waals surface area contributed by atoms with Crippen LogP contribution in [0.2, 0.25) is 0 Å². The number of piperazine rings is 1. The van der Waals surface area contributed by atoms with Crippen molar-refractivity contribution in [2.24, 2.45) is 0 Å². The number of hydrogen-bond donors (Lipinski definition) is 1. The lowest BCUT2D eigenvalue weighted by atomic mass is 9.84. The number of nitrogens with one attached hydrogen (secondary N) is 1. The van der Waals surface area contributed by atoms with Crippen LogP contribution < -0.4 is 5.32 Å². The molecule has 0 aromatic carbocycles. The Kier molecular flexibility index (Phi) is 7.45. The number of nitrogens with zero attached hydrogens (tertiary/aromatic N) is 1. The second-order valence-electron chi connectivity index (χ2n) is 6.55. The lowest BCUT2D eigenvalue weighted by molar-refractivity contribution is -0.0140. The van der Waals surface area contributed by atoms with Crippen LogP contribution in [0, 0.1) is 0 Å². The summed E-state index contributed by atoms with van der Waals surface area (Å²) in [4.78, 5) is 2.64. The van der Waals surface area contributed by atoms with E-state index in [9.17, 15) is 0 Å². The lowest BCUT2D eigenvalue weighted by Gasteiger charge is -2.52. The van der Waals surface area contributed by atoms with Gasteiger partial charge in [-0.05, 0) is 33.1 Å². The third-order valence-corrected chi connectivity index (χ3v) is 4.61. The highest BCUT2D eigenvalue weighted by molar-refractivity contribution is 5.00. The predicted molar refractivity (Wildman–Crippen MR) is 84.3 cm³/mol. The van der Waals surface area contributed by atoms with Crippen LogP contribution in [0.1, 0.15) is 47.0 Å². The second-order valence-corrected chi connectivity index (χ2v) is 6.55. The molecule has 0 saturated carbocycles. The zero-order chi connectivity index (χ0) is 15.1. The maximum absolute atomic E-state index is 5.75. The zero-order valence-electron chi connectivity index (χ0n) is 14.1. The van der Waals surface area contributed by atoms with Crippen LogP contribution in [0.3, 0.4) is 0 Å². The van der Waals surface area contributed by atoms with Gasteiger partial charge in [0.05, 0.1) is 6.61 Å². The van der Waals surface area contributed by atoms with E-state index in [2.05, 4.69) is 37.9 Å². The van der Waals surface area contributed by atoms with Crippen molar-refractivity contribution >= 4 is 0 Å². The molecule has 1 saturated heterocycles. The van der Waals surface area contributed by atoms with Crippen LogP contribution in [0.25, 0.3) is 0 Å². The molecule has 4 nitrogen and oxygen atoms in total. The van der Waals surface area contributed by atoms with Gasteiger partial charge in [-0.15, -0.1) is 0 Å². The van der Waals surface area contributed by atoms with Crippen molar-refractivity contribution in [3.63, 3.8) is 0 Å². The number of hydrogen-bond acceptors (Lipinski definition) is 4. The van der Waals surface area contributed by atoms with E-state index in [1.54, 1.807) is 7.11 Å².